The van der Waals surface area contributed by atoms with Gasteiger partial charge in [-0.05, 0) is 41.4 Å². The largest absolute Gasteiger partial charge is 0.492 e. The number of rotatable bonds is 8. The zero-order chi connectivity index (χ0) is 12.5. The lowest BCUT2D eigenvalue weighted by Gasteiger charge is -2.13. The Morgan fingerprint density at radius 3 is 2.88 bits per heavy atom. The van der Waals surface area contributed by atoms with E-state index >= 15 is 0 Å². The fourth-order valence-electron chi connectivity index (χ4n) is 1.50. The van der Waals surface area contributed by atoms with Crippen LogP contribution >= 0.6 is 15.9 Å². The third-order valence-corrected chi connectivity index (χ3v) is 3.04. The first-order valence-electron chi connectivity index (χ1n) is 6.01. The van der Waals surface area contributed by atoms with Crippen molar-refractivity contribution in [3.63, 3.8) is 0 Å². The number of unbranched alkanes of at least 4 members (excludes halogenated alkanes) is 1. The van der Waals surface area contributed by atoms with Crippen LogP contribution in [0, 0.1) is 0 Å². The highest BCUT2D eigenvalue weighted by Gasteiger charge is 2.07. The minimum Gasteiger partial charge on any atom is -0.492 e. The summed E-state index contributed by atoms with van der Waals surface area (Å²) < 4.78 is 6.75. The van der Waals surface area contributed by atoms with Gasteiger partial charge in [0, 0.05) is 18.7 Å². The van der Waals surface area contributed by atoms with Crippen molar-refractivity contribution in [2.24, 2.45) is 0 Å². The molecule has 1 aromatic rings. The van der Waals surface area contributed by atoms with Gasteiger partial charge in [0.15, 0.2) is 0 Å². The molecule has 0 aliphatic rings. The van der Waals surface area contributed by atoms with Crippen LogP contribution in [0.2, 0.25) is 0 Å². The normalized spacial score (nSPS) is 10.5. The summed E-state index contributed by atoms with van der Waals surface area (Å²) in [5.74, 6) is 0.909. The van der Waals surface area contributed by atoms with Gasteiger partial charge in [-0.15, -0.1) is 0 Å². The molecule has 0 saturated heterocycles. The first kappa shape index (κ1) is 14.5. The predicted octanol–water partition coefficient (Wildman–Crippen LogP) is 2.71. The van der Waals surface area contributed by atoms with Crippen LogP contribution in [0.5, 0.6) is 5.75 Å². The molecule has 4 heteroatoms. The molecule has 0 amide bonds. The lowest BCUT2D eigenvalue weighted by atomic mass is 10.2. The number of hydrogen-bond donors (Lipinski definition) is 2. The number of hydrogen-bond acceptors (Lipinski definition) is 3. The molecule has 0 atom stereocenters. The molecule has 0 spiro atoms. The van der Waals surface area contributed by atoms with E-state index in [0.717, 1.165) is 41.7 Å². The second kappa shape index (κ2) is 8.50. The number of halogens is 1. The fourth-order valence-corrected chi connectivity index (χ4v) is 2.02. The number of para-hydroxylation sites is 1. The van der Waals surface area contributed by atoms with Gasteiger partial charge in [0.2, 0.25) is 0 Å². The van der Waals surface area contributed by atoms with Crippen molar-refractivity contribution in [1.29, 1.82) is 0 Å². The monoisotopic (exact) mass is 301 g/mol. The van der Waals surface area contributed by atoms with Crippen LogP contribution < -0.4 is 10.1 Å². The molecule has 0 fully saturated rings. The minimum atomic E-state index is 0.226. The Kier molecular flexibility index (Phi) is 7.24. The molecule has 1 aromatic carbocycles. The summed E-state index contributed by atoms with van der Waals surface area (Å²) in [5, 5.41) is 12.0. The van der Waals surface area contributed by atoms with Crippen molar-refractivity contribution < 1.29 is 9.84 Å². The van der Waals surface area contributed by atoms with E-state index in [1.807, 2.05) is 12.1 Å². The first-order valence-corrected chi connectivity index (χ1v) is 6.80. The second-order valence-electron chi connectivity index (χ2n) is 3.79. The average molecular weight is 302 g/mol. The zero-order valence-corrected chi connectivity index (χ0v) is 11.8. The van der Waals surface area contributed by atoms with Crippen LogP contribution in [0.3, 0.4) is 0 Å². The van der Waals surface area contributed by atoms with Crippen LogP contribution in [-0.4, -0.2) is 24.9 Å². The maximum absolute atomic E-state index is 8.71. The molecule has 0 aliphatic heterocycles. The highest BCUT2D eigenvalue weighted by Crippen LogP contribution is 2.29. The molecule has 0 heterocycles. The molecular weight excluding hydrogens is 282 g/mol. The molecular formula is C13H20BrNO2. The standard InChI is InChI=1S/C13H20BrNO2/c1-2-15-10-11-6-5-7-12(14)13(11)17-9-4-3-8-16/h5-7,15-16H,2-4,8-10H2,1H3. The van der Waals surface area contributed by atoms with Crippen molar-refractivity contribution in [2.75, 3.05) is 19.8 Å². The number of nitrogens with one attached hydrogen (secondary N) is 1. The Bertz CT molecular complexity index is 331. The topological polar surface area (TPSA) is 41.5 Å². The van der Waals surface area contributed by atoms with Crippen molar-refractivity contribution in [3.05, 3.63) is 28.2 Å². The van der Waals surface area contributed by atoms with Gasteiger partial charge in [0.05, 0.1) is 11.1 Å². The van der Waals surface area contributed by atoms with Crippen molar-refractivity contribution in [3.8, 4) is 5.75 Å². The van der Waals surface area contributed by atoms with Crippen LogP contribution in [0.4, 0.5) is 0 Å². The van der Waals surface area contributed by atoms with E-state index in [0.29, 0.717) is 6.61 Å². The van der Waals surface area contributed by atoms with Gasteiger partial charge in [0.1, 0.15) is 5.75 Å². The molecule has 1 rings (SSSR count). The van der Waals surface area contributed by atoms with Gasteiger partial charge >= 0.3 is 0 Å². The third-order valence-electron chi connectivity index (χ3n) is 2.41. The molecule has 2 N–H and O–H groups in total. The number of aliphatic hydroxyl groups is 1. The highest BCUT2D eigenvalue weighted by atomic mass is 79.9. The summed E-state index contributed by atoms with van der Waals surface area (Å²) in [6, 6.07) is 6.06. The van der Waals surface area contributed by atoms with Crippen LogP contribution in [0.1, 0.15) is 25.3 Å². The van der Waals surface area contributed by atoms with Crippen LogP contribution in [0.15, 0.2) is 22.7 Å². The highest BCUT2D eigenvalue weighted by molar-refractivity contribution is 9.10. The SMILES string of the molecule is CCNCc1cccc(Br)c1OCCCCO. The van der Waals surface area contributed by atoms with Gasteiger partial charge in [-0.1, -0.05) is 19.1 Å². The van der Waals surface area contributed by atoms with E-state index < -0.39 is 0 Å². The predicted molar refractivity (Wildman–Crippen MR) is 73.3 cm³/mol. The Morgan fingerprint density at radius 2 is 2.18 bits per heavy atom. The molecule has 3 nitrogen and oxygen atoms in total. The third kappa shape index (κ3) is 5.06. The van der Waals surface area contributed by atoms with E-state index in [4.69, 9.17) is 9.84 Å². The maximum Gasteiger partial charge on any atom is 0.137 e. The quantitative estimate of drug-likeness (QED) is 0.726. The van der Waals surface area contributed by atoms with Crippen molar-refractivity contribution in [2.45, 2.75) is 26.3 Å². The molecule has 17 heavy (non-hydrogen) atoms. The first-order chi connectivity index (χ1) is 8.29. The Hall–Kier alpha value is -0.580. The van der Waals surface area contributed by atoms with Gasteiger partial charge < -0.3 is 15.2 Å². The smallest absolute Gasteiger partial charge is 0.137 e. The van der Waals surface area contributed by atoms with E-state index in [1.165, 1.54) is 0 Å². The minimum absolute atomic E-state index is 0.226. The van der Waals surface area contributed by atoms with E-state index in [1.54, 1.807) is 0 Å². The molecule has 0 saturated carbocycles. The number of aliphatic hydroxyl groups excluding tert-OH is 1. The number of ether oxygens (including phenoxy) is 1. The summed E-state index contributed by atoms with van der Waals surface area (Å²) >= 11 is 3.51. The van der Waals surface area contributed by atoms with Gasteiger partial charge in [-0.2, -0.15) is 0 Å². The summed E-state index contributed by atoms with van der Waals surface area (Å²) in [7, 11) is 0. The lowest BCUT2D eigenvalue weighted by molar-refractivity contribution is 0.251. The van der Waals surface area contributed by atoms with Crippen molar-refractivity contribution in [1.82, 2.24) is 5.32 Å². The Labute approximate surface area is 111 Å². The molecule has 0 bridgehead atoms. The summed E-state index contributed by atoms with van der Waals surface area (Å²) in [6.07, 6.45) is 1.66. The molecule has 0 radical (unpaired) electrons. The zero-order valence-electron chi connectivity index (χ0n) is 10.2. The van der Waals surface area contributed by atoms with Gasteiger partial charge in [0.25, 0.3) is 0 Å². The van der Waals surface area contributed by atoms with E-state index in [2.05, 4.69) is 34.2 Å². The fraction of sp³-hybridized carbons (Fsp3) is 0.538. The Balaban J connectivity index is 2.60. The Morgan fingerprint density at radius 1 is 1.35 bits per heavy atom. The lowest BCUT2D eigenvalue weighted by Crippen LogP contribution is -2.13. The van der Waals surface area contributed by atoms with Gasteiger partial charge in [-0.3, -0.25) is 0 Å². The summed E-state index contributed by atoms with van der Waals surface area (Å²) in [5.41, 5.74) is 1.16. The molecule has 0 unspecified atom stereocenters. The van der Waals surface area contributed by atoms with Crippen LogP contribution in [0.25, 0.3) is 0 Å². The maximum atomic E-state index is 8.71. The number of benzene rings is 1. The second-order valence-corrected chi connectivity index (χ2v) is 4.64. The average Bonchev–Trinajstić information content (AvgIpc) is 2.34. The van der Waals surface area contributed by atoms with E-state index in [9.17, 15) is 0 Å². The molecule has 0 aliphatic carbocycles. The van der Waals surface area contributed by atoms with Gasteiger partial charge in [-0.25, -0.2) is 0 Å². The van der Waals surface area contributed by atoms with Crippen LogP contribution in [-0.2, 0) is 6.54 Å². The van der Waals surface area contributed by atoms with Crippen molar-refractivity contribution >= 4 is 15.9 Å². The molecule has 96 valence electrons. The summed E-state index contributed by atoms with van der Waals surface area (Å²) in [4.78, 5) is 0. The van der Waals surface area contributed by atoms with E-state index in [-0.39, 0.29) is 6.61 Å². The summed E-state index contributed by atoms with van der Waals surface area (Å²) in [6.45, 7) is 4.70. The molecule has 0 aromatic heterocycles.